The Balaban J connectivity index is 1.25. The Labute approximate surface area is 159 Å². The van der Waals surface area contributed by atoms with Crippen LogP contribution < -0.4 is 0 Å². The van der Waals surface area contributed by atoms with Gasteiger partial charge in [0.1, 0.15) is 6.04 Å². The van der Waals surface area contributed by atoms with E-state index in [1.54, 1.807) is 0 Å². The molecule has 142 valence electrons. The fraction of sp³-hybridized carbons (Fsp3) is 0.524. The molecule has 0 aliphatic carbocycles. The van der Waals surface area contributed by atoms with Gasteiger partial charge in [0.15, 0.2) is 0 Å². The van der Waals surface area contributed by atoms with Crippen molar-refractivity contribution in [1.82, 2.24) is 19.7 Å². The lowest BCUT2D eigenvalue weighted by Crippen LogP contribution is -2.43. The zero-order valence-electron chi connectivity index (χ0n) is 15.8. The van der Waals surface area contributed by atoms with Gasteiger partial charge in [-0.15, -0.1) is 0 Å². The number of rotatable bonds is 3. The molecule has 0 bridgehead atoms. The summed E-state index contributed by atoms with van der Waals surface area (Å²) < 4.78 is 0. The van der Waals surface area contributed by atoms with E-state index in [0.717, 1.165) is 45.4 Å². The molecule has 3 amide bonds. The third-order valence-electron chi connectivity index (χ3n) is 6.84. The van der Waals surface area contributed by atoms with E-state index in [0.29, 0.717) is 6.54 Å². The van der Waals surface area contributed by atoms with E-state index in [1.165, 1.54) is 21.4 Å². The molecule has 1 N–H and O–H groups in total. The van der Waals surface area contributed by atoms with E-state index in [2.05, 4.69) is 40.3 Å². The molecule has 1 spiro atoms. The average Bonchev–Trinajstić information content (AvgIpc) is 3.32. The topological polar surface area (TPSA) is 59.7 Å². The minimum atomic E-state index is -0.211. The molecule has 2 aromatic rings. The van der Waals surface area contributed by atoms with Gasteiger partial charge in [-0.1, -0.05) is 18.2 Å². The van der Waals surface area contributed by atoms with E-state index in [-0.39, 0.29) is 23.4 Å². The molecule has 0 radical (unpaired) electrons. The van der Waals surface area contributed by atoms with E-state index in [4.69, 9.17) is 0 Å². The Kier molecular flexibility index (Phi) is 3.79. The number of hydrogen-bond donors (Lipinski definition) is 1. The van der Waals surface area contributed by atoms with Crippen LogP contribution in [0.3, 0.4) is 0 Å². The predicted octanol–water partition coefficient (Wildman–Crippen LogP) is 2.81. The first-order valence-electron chi connectivity index (χ1n) is 9.99. The average molecular weight is 366 g/mol. The molecule has 1 unspecified atom stereocenters. The number of carbonyl (C=O) groups is 2. The third-order valence-corrected chi connectivity index (χ3v) is 6.84. The van der Waals surface area contributed by atoms with Crippen LogP contribution in [0.4, 0.5) is 4.79 Å². The van der Waals surface area contributed by atoms with Crippen LogP contribution in [0, 0.1) is 5.41 Å². The molecule has 5 rings (SSSR count). The lowest BCUT2D eigenvalue weighted by atomic mass is 9.76. The number of amides is 3. The van der Waals surface area contributed by atoms with Gasteiger partial charge in [-0.05, 0) is 56.3 Å². The number of nitrogens with zero attached hydrogens (tertiary/aromatic N) is 3. The summed E-state index contributed by atoms with van der Waals surface area (Å²) in [6, 6.07) is 8.15. The first-order valence-corrected chi connectivity index (χ1v) is 9.99. The molecule has 27 heavy (non-hydrogen) atoms. The largest absolute Gasteiger partial charge is 0.361 e. The van der Waals surface area contributed by atoms with Crippen LogP contribution in [0.25, 0.3) is 10.9 Å². The molecule has 3 aliphatic heterocycles. The minimum absolute atomic E-state index is 0.0144. The number of benzene rings is 1. The van der Waals surface area contributed by atoms with Crippen molar-refractivity contribution in [1.29, 1.82) is 0 Å². The number of aromatic amines is 1. The number of piperidine rings is 1. The second kappa shape index (κ2) is 6.09. The van der Waals surface area contributed by atoms with Crippen LogP contribution in [0.15, 0.2) is 30.5 Å². The first kappa shape index (κ1) is 16.8. The Morgan fingerprint density at radius 1 is 1.19 bits per heavy atom. The molecule has 6 heteroatoms. The number of likely N-dealkylation sites (tertiary alicyclic amines) is 1. The lowest BCUT2D eigenvalue weighted by Gasteiger charge is -2.39. The summed E-state index contributed by atoms with van der Waals surface area (Å²) in [7, 11) is 0. The van der Waals surface area contributed by atoms with Gasteiger partial charge < -0.3 is 9.88 Å². The third kappa shape index (κ3) is 2.57. The van der Waals surface area contributed by atoms with Gasteiger partial charge in [-0.3, -0.25) is 14.6 Å². The van der Waals surface area contributed by atoms with Gasteiger partial charge >= 0.3 is 6.03 Å². The number of aromatic nitrogens is 1. The summed E-state index contributed by atoms with van der Waals surface area (Å²) in [5, 5.41) is 1.30. The first-order chi connectivity index (χ1) is 13.1. The quantitative estimate of drug-likeness (QED) is 0.850. The number of fused-ring (bicyclic) bond motifs is 2. The number of nitrogens with one attached hydrogen (secondary N) is 1. The molecular weight excluding hydrogens is 340 g/mol. The highest BCUT2D eigenvalue weighted by molar-refractivity contribution is 6.04. The maximum atomic E-state index is 12.5. The fourth-order valence-electron chi connectivity index (χ4n) is 5.25. The van der Waals surface area contributed by atoms with Crippen LogP contribution in [0.1, 0.15) is 31.7 Å². The SMILES string of the molecule is CCN1C(=O)C2CC3(CCN(Cc4c[nH]c5ccccc45)CC3)CN2C1=O. The van der Waals surface area contributed by atoms with Crippen LogP contribution in [0.2, 0.25) is 0 Å². The summed E-state index contributed by atoms with van der Waals surface area (Å²) in [6.07, 6.45) is 5.09. The summed E-state index contributed by atoms with van der Waals surface area (Å²) >= 11 is 0. The van der Waals surface area contributed by atoms with Crippen molar-refractivity contribution in [3.63, 3.8) is 0 Å². The molecule has 4 heterocycles. The maximum absolute atomic E-state index is 12.5. The maximum Gasteiger partial charge on any atom is 0.327 e. The van der Waals surface area contributed by atoms with Crippen molar-refractivity contribution >= 4 is 22.8 Å². The summed E-state index contributed by atoms with van der Waals surface area (Å²) in [5.41, 5.74) is 2.67. The monoisotopic (exact) mass is 366 g/mol. The normalized spacial score (nSPS) is 25.1. The van der Waals surface area contributed by atoms with E-state index in [1.807, 2.05) is 11.8 Å². The molecule has 3 saturated heterocycles. The highest BCUT2D eigenvalue weighted by Crippen LogP contribution is 2.46. The van der Waals surface area contributed by atoms with Crippen molar-refractivity contribution < 1.29 is 9.59 Å². The van der Waals surface area contributed by atoms with Gasteiger partial charge in [0, 0.05) is 36.7 Å². The zero-order valence-corrected chi connectivity index (χ0v) is 15.8. The van der Waals surface area contributed by atoms with Crippen LogP contribution in [-0.4, -0.2) is 63.8 Å². The molecule has 1 aromatic carbocycles. The van der Waals surface area contributed by atoms with Crippen molar-refractivity contribution in [3.8, 4) is 0 Å². The van der Waals surface area contributed by atoms with Crippen LogP contribution >= 0.6 is 0 Å². The van der Waals surface area contributed by atoms with E-state index in [9.17, 15) is 9.59 Å². The zero-order chi connectivity index (χ0) is 18.6. The molecule has 1 aromatic heterocycles. The standard InChI is InChI=1S/C21H26N4O2/c1-2-24-19(26)18-11-21(14-25(18)20(24)27)7-9-23(10-8-21)13-15-12-22-17-6-4-3-5-16(15)17/h3-6,12,18,22H,2,7-11,13-14H2,1H3. The van der Waals surface area contributed by atoms with Gasteiger partial charge in [-0.2, -0.15) is 0 Å². The summed E-state index contributed by atoms with van der Waals surface area (Å²) in [4.78, 5) is 34.1. The van der Waals surface area contributed by atoms with Crippen molar-refractivity contribution in [3.05, 3.63) is 36.0 Å². The van der Waals surface area contributed by atoms with Gasteiger partial charge in [0.05, 0.1) is 0 Å². The number of para-hydroxylation sites is 1. The second-order valence-corrected chi connectivity index (χ2v) is 8.35. The summed E-state index contributed by atoms with van der Waals surface area (Å²) in [5.74, 6) is 0.0144. The minimum Gasteiger partial charge on any atom is -0.361 e. The van der Waals surface area contributed by atoms with E-state index < -0.39 is 0 Å². The molecule has 0 saturated carbocycles. The van der Waals surface area contributed by atoms with Crippen LogP contribution in [0.5, 0.6) is 0 Å². The van der Waals surface area contributed by atoms with Crippen molar-refractivity contribution in [2.75, 3.05) is 26.2 Å². The highest BCUT2D eigenvalue weighted by Gasteiger charge is 2.55. The molecule has 1 atom stereocenters. The van der Waals surface area contributed by atoms with Gasteiger partial charge in [0.25, 0.3) is 5.91 Å². The highest BCUT2D eigenvalue weighted by atomic mass is 16.2. The van der Waals surface area contributed by atoms with E-state index >= 15 is 0 Å². The second-order valence-electron chi connectivity index (χ2n) is 8.35. The number of carbonyl (C=O) groups excluding carboxylic acids is 2. The molecule has 6 nitrogen and oxygen atoms in total. The Bertz CT molecular complexity index is 870. The fourth-order valence-corrected chi connectivity index (χ4v) is 5.25. The smallest absolute Gasteiger partial charge is 0.327 e. The van der Waals surface area contributed by atoms with Gasteiger partial charge in [-0.25, -0.2) is 4.79 Å². The molecule has 3 fully saturated rings. The molecular formula is C21H26N4O2. The number of likely N-dealkylation sites (N-methyl/N-ethyl adjacent to an activating group) is 1. The number of urea groups is 1. The Morgan fingerprint density at radius 2 is 1.96 bits per heavy atom. The lowest BCUT2D eigenvalue weighted by molar-refractivity contribution is -0.128. The Morgan fingerprint density at radius 3 is 2.70 bits per heavy atom. The van der Waals surface area contributed by atoms with Crippen molar-refractivity contribution in [2.45, 2.75) is 38.8 Å². The van der Waals surface area contributed by atoms with Gasteiger partial charge in [0.2, 0.25) is 0 Å². The van der Waals surface area contributed by atoms with Crippen LogP contribution in [-0.2, 0) is 11.3 Å². The molecule has 3 aliphatic rings. The predicted molar refractivity (Wildman–Crippen MR) is 103 cm³/mol. The number of imide groups is 1. The Hall–Kier alpha value is -2.34. The van der Waals surface area contributed by atoms with Crippen molar-refractivity contribution in [2.24, 2.45) is 5.41 Å². The number of hydrogen-bond acceptors (Lipinski definition) is 3. The number of H-pyrrole nitrogens is 1. The summed E-state index contributed by atoms with van der Waals surface area (Å²) in [6.45, 7) is 6.11.